The van der Waals surface area contributed by atoms with Crippen molar-refractivity contribution < 1.29 is 0 Å². The predicted octanol–water partition coefficient (Wildman–Crippen LogP) is 9.74. The van der Waals surface area contributed by atoms with Gasteiger partial charge >= 0.3 is 0 Å². The quantitative estimate of drug-likeness (QED) is 0.112. The Hall–Kier alpha value is -1.33. The Morgan fingerprint density at radius 1 is 0.795 bits per heavy atom. The molecule has 0 nitrogen and oxygen atoms in total. The lowest BCUT2D eigenvalue weighted by molar-refractivity contribution is 1.22. The standard InChI is InChI=1S/C17H28Si2.C15H22Si2.CH2Cl2/c1-8-9-16(3)14-18(4,5)19(6,7)17-12-10-15(2)11-13-17;1-7-13-16(3,4)17(5,6)15-11-9-14(8-2)10-12-15;2-1-3/h8,10-14H,1,9H2,2-7H3;2,7,9-12H,1,13H2,3-6H3;1H2/b16-14+;;. The minimum atomic E-state index is -1.39. The molecule has 0 atom stereocenters. The largest absolute Gasteiger partial charge is 0.115 e. The van der Waals surface area contributed by atoms with Crippen molar-refractivity contribution in [1.82, 2.24) is 0 Å². The summed E-state index contributed by atoms with van der Waals surface area (Å²) in [6.45, 7) is 32.2. The maximum absolute atomic E-state index is 5.40. The van der Waals surface area contributed by atoms with Gasteiger partial charge in [-0.3, -0.25) is 0 Å². The van der Waals surface area contributed by atoms with E-state index in [2.05, 4.69) is 146 Å². The highest BCUT2D eigenvalue weighted by atomic mass is 35.5. The van der Waals surface area contributed by atoms with Gasteiger partial charge in [-0.05, 0) is 38.4 Å². The summed E-state index contributed by atoms with van der Waals surface area (Å²) in [5.41, 5.74) is 6.41. The van der Waals surface area contributed by atoms with Crippen LogP contribution in [0.2, 0.25) is 58.4 Å². The van der Waals surface area contributed by atoms with E-state index in [1.54, 1.807) is 5.19 Å². The maximum Gasteiger partial charge on any atom is 0.0967 e. The minimum Gasteiger partial charge on any atom is -0.115 e. The number of hydrogen-bond donors (Lipinski definition) is 0. The second-order valence-electron chi connectivity index (χ2n) is 12.5. The molecule has 0 saturated carbocycles. The molecule has 0 spiro atoms. The molecule has 0 aromatic heterocycles. The lowest BCUT2D eigenvalue weighted by Crippen LogP contribution is -2.62. The fourth-order valence-corrected chi connectivity index (χ4v) is 20.2. The van der Waals surface area contributed by atoms with Crippen molar-refractivity contribution in [3.05, 3.63) is 96.2 Å². The Morgan fingerprint density at radius 2 is 1.23 bits per heavy atom. The van der Waals surface area contributed by atoms with Crippen molar-refractivity contribution in [3.63, 3.8) is 0 Å². The highest BCUT2D eigenvalue weighted by Crippen LogP contribution is 2.24. The molecule has 2 aromatic carbocycles. The molecular formula is C33H52Cl2Si4. The molecule has 2 rings (SSSR count). The zero-order valence-electron chi connectivity index (χ0n) is 26.2. The number of halogens is 2. The molecule has 0 unspecified atom stereocenters. The van der Waals surface area contributed by atoms with Gasteiger partial charge in [0.15, 0.2) is 0 Å². The van der Waals surface area contributed by atoms with Crippen LogP contribution in [0.1, 0.15) is 24.5 Å². The number of rotatable bonds is 9. The lowest BCUT2D eigenvalue weighted by atomic mass is 10.2. The fraction of sp³-hybridized carbons (Fsp3) is 0.394. The molecule has 6 heteroatoms. The van der Waals surface area contributed by atoms with E-state index in [1.165, 1.54) is 22.4 Å². The Balaban J connectivity index is 0.000000676. The third-order valence-electron chi connectivity index (χ3n) is 8.58. The molecule has 0 fully saturated rings. The average Bonchev–Trinajstić information content (AvgIpc) is 2.85. The van der Waals surface area contributed by atoms with E-state index in [0.717, 1.165) is 12.0 Å². The molecular weight excluding hydrogens is 580 g/mol. The average molecular weight is 632 g/mol. The van der Waals surface area contributed by atoms with Crippen LogP contribution in [0.15, 0.2) is 85.1 Å². The van der Waals surface area contributed by atoms with E-state index in [1.807, 2.05) is 6.08 Å². The lowest BCUT2D eigenvalue weighted by Gasteiger charge is -2.38. The summed E-state index contributed by atoms with van der Waals surface area (Å²) in [6, 6.07) is 19.0. The van der Waals surface area contributed by atoms with Crippen LogP contribution in [-0.4, -0.2) is 35.7 Å². The van der Waals surface area contributed by atoms with E-state index in [-0.39, 0.29) is 5.34 Å². The zero-order chi connectivity index (χ0) is 30.5. The SMILES string of the molecule is C#Cc1ccc([Si](C)(C)[Si](C)(C)CC=C)cc1.C=CC/C(C)=C/[Si](C)(C)[Si](C)(C)c1ccc(C)cc1.ClCCl. The minimum absolute atomic E-state index is 0.194. The molecule has 0 heterocycles. The third kappa shape index (κ3) is 11.2. The summed E-state index contributed by atoms with van der Waals surface area (Å²) in [5.74, 6) is 2.68. The molecule has 0 aliphatic carbocycles. The summed E-state index contributed by atoms with van der Waals surface area (Å²) in [7, 11) is -5.35. The van der Waals surface area contributed by atoms with Crippen LogP contribution in [0.5, 0.6) is 0 Å². The van der Waals surface area contributed by atoms with Gasteiger partial charge in [0, 0.05) is 5.56 Å². The molecule has 0 aliphatic heterocycles. The van der Waals surface area contributed by atoms with Crippen molar-refractivity contribution in [3.8, 4) is 12.3 Å². The van der Waals surface area contributed by atoms with Crippen LogP contribution in [0.25, 0.3) is 0 Å². The first-order chi connectivity index (χ1) is 18.0. The van der Waals surface area contributed by atoms with Gasteiger partial charge in [-0.25, -0.2) is 0 Å². The Kier molecular flexibility index (Phi) is 16.2. The Bertz CT molecular complexity index is 1100. The summed E-state index contributed by atoms with van der Waals surface area (Å²) in [4.78, 5) is 0. The van der Waals surface area contributed by atoms with E-state index in [9.17, 15) is 0 Å². The summed E-state index contributed by atoms with van der Waals surface area (Å²) in [5, 5.41) is 3.31. The summed E-state index contributed by atoms with van der Waals surface area (Å²) >= 11 is 9.53. The van der Waals surface area contributed by atoms with Crippen molar-refractivity contribution in [2.24, 2.45) is 0 Å². The van der Waals surface area contributed by atoms with Crippen molar-refractivity contribution in [2.75, 3.05) is 5.34 Å². The number of allylic oxidation sites excluding steroid dienone is 3. The second kappa shape index (κ2) is 16.8. The Labute approximate surface area is 255 Å². The topological polar surface area (TPSA) is 0 Å². The van der Waals surface area contributed by atoms with E-state index in [0.29, 0.717) is 0 Å². The van der Waals surface area contributed by atoms with Gasteiger partial charge < -0.3 is 0 Å². The van der Waals surface area contributed by atoms with Crippen molar-refractivity contribution in [2.45, 2.75) is 78.7 Å². The van der Waals surface area contributed by atoms with Gasteiger partial charge in [-0.2, -0.15) is 0 Å². The first kappa shape index (κ1) is 37.7. The zero-order valence-corrected chi connectivity index (χ0v) is 31.7. The number of benzene rings is 2. The van der Waals surface area contributed by atoms with Gasteiger partial charge in [-0.15, -0.1) is 42.8 Å². The smallest absolute Gasteiger partial charge is 0.0967 e. The highest BCUT2D eigenvalue weighted by molar-refractivity contribution is 7.47. The fourth-order valence-electron chi connectivity index (χ4n) is 4.42. The molecule has 0 aliphatic rings. The molecule has 0 radical (unpaired) electrons. The molecule has 0 bridgehead atoms. The number of aryl methyl sites for hydroxylation is 1. The molecule has 2 aromatic rings. The monoisotopic (exact) mass is 630 g/mol. The normalized spacial score (nSPS) is 12.2. The summed E-state index contributed by atoms with van der Waals surface area (Å²) in [6.07, 6.45) is 10.5. The highest BCUT2D eigenvalue weighted by Gasteiger charge is 2.41. The molecule has 0 saturated heterocycles. The van der Waals surface area contributed by atoms with Crippen LogP contribution >= 0.6 is 23.2 Å². The van der Waals surface area contributed by atoms with E-state index >= 15 is 0 Å². The Morgan fingerprint density at radius 3 is 1.64 bits per heavy atom. The molecule has 214 valence electrons. The van der Waals surface area contributed by atoms with Crippen molar-refractivity contribution >= 4 is 63.9 Å². The summed E-state index contributed by atoms with van der Waals surface area (Å²) < 4.78 is 0. The van der Waals surface area contributed by atoms with E-state index in [4.69, 9.17) is 29.6 Å². The number of terminal acetylenes is 1. The van der Waals surface area contributed by atoms with E-state index < -0.39 is 30.4 Å². The van der Waals surface area contributed by atoms with Crippen molar-refractivity contribution in [1.29, 1.82) is 0 Å². The maximum atomic E-state index is 5.40. The van der Waals surface area contributed by atoms with Gasteiger partial charge in [0.25, 0.3) is 0 Å². The van der Waals surface area contributed by atoms with Gasteiger partial charge in [0.2, 0.25) is 0 Å². The van der Waals surface area contributed by atoms with Gasteiger partial charge in [-0.1, -0.05) is 134 Å². The number of hydrogen-bond acceptors (Lipinski definition) is 0. The van der Waals surface area contributed by atoms with Crippen LogP contribution in [0.4, 0.5) is 0 Å². The van der Waals surface area contributed by atoms with Crippen LogP contribution in [0.3, 0.4) is 0 Å². The molecule has 0 amide bonds. The van der Waals surface area contributed by atoms with Crippen LogP contribution in [-0.2, 0) is 0 Å². The second-order valence-corrected chi connectivity index (χ2v) is 44.3. The molecule has 0 N–H and O–H groups in total. The number of alkyl halides is 2. The first-order valence-corrected chi connectivity index (χ1v) is 29.0. The third-order valence-corrected chi connectivity index (χ3v) is 43.9. The van der Waals surface area contributed by atoms with Gasteiger partial charge in [0.1, 0.15) is 0 Å². The predicted molar refractivity (Wildman–Crippen MR) is 195 cm³/mol. The van der Waals surface area contributed by atoms with Crippen LogP contribution in [0, 0.1) is 19.3 Å². The van der Waals surface area contributed by atoms with Gasteiger partial charge in [0.05, 0.1) is 35.7 Å². The molecule has 39 heavy (non-hydrogen) atoms. The van der Waals surface area contributed by atoms with Crippen LogP contribution < -0.4 is 10.4 Å². The first-order valence-electron chi connectivity index (χ1n) is 13.6.